The minimum Gasteiger partial charge on any atom is -0.492 e. The minimum atomic E-state index is 0.678. The van der Waals surface area contributed by atoms with Crippen LogP contribution in [0, 0.1) is 0 Å². The Labute approximate surface area is 127 Å². The summed E-state index contributed by atoms with van der Waals surface area (Å²) in [5.74, 6) is 0.891. The topological polar surface area (TPSA) is 63.7 Å². The second-order valence-electron chi connectivity index (χ2n) is 4.53. The molecule has 0 aliphatic carbocycles. The third-order valence-corrected chi connectivity index (χ3v) is 4.06. The summed E-state index contributed by atoms with van der Waals surface area (Å²) in [5.41, 5.74) is 1.53. The molecular weight excluding hydrogens is 284 g/mol. The molecule has 1 N–H and O–H groups in total. The normalized spacial score (nSPS) is 10.9. The molecule has 0 aliphatic heterocycles. The number of hydrogen-bond acceptors (Lipinski definition) is 5. The number of unbranched alkanes of at least 4 members (excludes halogenated alkanes) is 1. The summed E-state index contributed by atoms with van der Waals surface area (Å²) in [6.45, 7) is 2.89. The maximum Gasteiger partial charge on any atom is 0.181 e. The van der Waals surface area contributed by atoms with Crippen molar-refractivity contribution in [3.8, 4) is 5.75 Å². The van der Waals surface area contributed by atoms with Crippen molar-refractivity contribution >= 4 is 22.9 Å². The van der Waals surface area contributed by atoms with E-state index >= 15 is 0 Å². The molecule has 0 aliphatic rings. The first-order valence-electron chi connectivity index (χ1n) is 6.92. The van der Waals surface area contributed by atoms with E-state index in [0.717, 1.165) is 40.6 Å². The van der Waals surface area contributed by atoms with E-state index in [1.807, 2.05) is 24.3 Å². The third kappa shape index (κ3) is 3.16. The van der Waals surface area contributed by atoms with Crippen LogP contribution >= 0.6 is 11.8 Å². The molecule has 2 aromatic heterocycles. The van der Waals surface area contributed by atoms with E-state index in [4.69, 9.17) is 4.74 Å². The Morgan fingerprint density at radius 1 is 1.19 bits per heavy atom. The molecule has 0 unspecified atom stereocenters. The third-order valence-electron chi connectivity index (χ3n) is 3.00. The van der Waals surface area contributed by atoms with Gasteiger partial charge in [-0.2, -0.15) is 0 Å². The Bertz CT molecular complexity index is 728. The highest BCUT2D eigenvalue weighted by molar-refractivity contribution is 7.99. The largest absolute Gasteiger partial charge is 0.492 e. The summed E-state index contributed by atoms with van der Waals surface area (Å²) in [6, 6.07) is 8.01. The molecule has 0 saturated carbocycles. The molecule has 0 spiro atoms. The first-order chi connectivity index (χ1) is 10.4. The van der Waals surface area contributed by atoms with Crippen molar-refractivity contribution in [1.82, 2.24) is 19.9 Å². The maximum atomic E-state index is 5.85. The number of para-hydroxylation sites is 1. The number of aromatic nitrogens is 4. The monoisotopic (exact) mass is 300 g/mol. The number of H-pyrrole nitrogens is 1. The Hall–Kier alpha value is -2.08. The fourth-order valence-corrected chi connectivity index (χ4v) is 2.84. The highest BCUT2D eigenvalue weighted by Crippen LogP contribution is 2.35. The van der Waals surface area contributed by atoms with Crippen molar-refractivity contribution in [2.24, 2.45) is 0 Å². The summed E-state index contributed by atoms with van der Waals surface area (Å²) >= 11 is 1.56. The number of imidazole rings is 1. The molecule has 0 amide bonds. The molecule has 21 heavy (non-hydrogen) atoms. The summed E-state index contributed by atoms with van der Waals surface area (Å²) in [7, 11) is 0. The number of aromatic amines is 1. The zero-order valence-corrected chi connectivity index (χ0v) is 12.6. The molecule has 3 aromatic rings. The molecule has 108 valence electrons. The Morgan fingerprint density at radius 2 is 2.10 bits per heavy atom. The van der Waals surface area contributed by atoms with Crippen LogP contribution in [0.25, 0.3) is 11.2 Å². The van der Waals surface area contributed by atoms with Crippen LogP contribution in [-0.4, -0.2) is 26.5 Å². The summed E-state index contributed by atoms with van der Waals surface area (Å²) < 4.78 is 5.85. The van der Waals surface area contributed by atoms with Gasteiger partial charge in [-0.15, -0.1) is 0 Å². The predicted octanol–water partition coefficient (Wildman–Crippen LogP) is 3.68. The summed E-state index contributed by atoms with van der Waals surface area (Å²) in [4.78, 5) is 16.7. The summed E-state index contributed by atoms with van der Waals surface area (Å²) in [6.07, 6.45) is 5.34. The first kappa shape index (κ1) is 13.9. The standard InChI is InChI=1S/C15H16N4OS/c1-2-3-8-20-11-6-4-5-7-12(11)21-15-13-14(17-9-16-13)18-10-19-15/h4-7,9-10H,2-3,8H2,1H3,(H,16,17,18,19). The van der Waals surface area contributed by atoms with Crippen molar-refractivity contribution < 1.29 is 4.74 Å². The Morgan fingerprint density at radius 3 is 3.00 bits per heavy atom. The lowest BCUT2D eigenvalue weighted by Crippen LogP contribution is -1.97. The molecule has 0 atom stereocenters. The Balaban J connectivity index is 1.86. The zero-order valence-electron chi connectivity index (χ0n) is 11.7. The van der Waals surface area contributed by atoms with Gasteiger partial charge in [0.05, 0.1) is 17.8 Å². The van der Waals surface area contributed by atoms with Crippen LogP contribution in [0.1, 0.15) is 19.8 Å². The minimum absolute atomic E-state index is 0.678. The average molecular weight is 300 g/mol. The molecule has 6 heteroatoms. The smallest absolute Gasteiger partial charge is 0.181 e. The second-order valence-corrected chi connectivity index (χ2v) is 5.56. The average Bonchev–Trinajstić information content (AvgIpc) is 2.99. The highest BCUT2D eigenvalue weighted by Gasteiger charge is 2.10. The van der Waals surface area contributed by atoms with E-state index in [1.54, 1.807) is 18.1 Å². The molecule has 3 rings (SSSR count). The van der Waals surface area contributed by atoms with E-state index in [2.05, 4.69) is 26.9 Å². The van der Waals surface area contributed by atoms with Crippen LogP contribution in [0.5, 0.6) is 5.75 Å². The second kappa shape index (κ2) is 6.58. The molecular formula is C15H16N4OS. The molecule has 0 fully saturated rings. The van der Waals surface area contributed by atoms with Gasteiger partial charge in [-0.1, -0.05) is 37.2 Å². The molecule has 0 saturated heterocycles. The number of nitrogens with one attached hydrogen (secondary N) is 1. The number of hydrogen-bond donors (Lipinski definition) is 1. The van der Waals surface area contributed by atoms with E-state index in [1.165, 1.54) is 6.33 Å². The SMILES string of the molecule is CCCCOc1ccccc1Sc1ncnc2nc[nH]c12. The zero-order chi connectivity index (χ0) is 14.5. The van der Waals surface area contributed by atoms with Gasteiger partial charge in [0, 0.05) is 0 Å². The highest BCUT2D eigenvalue weighted by atomic mass is 32.2. The van der Waals surface area contributed by atoms with Crippen molar-refractivity contribution in [2.75, 3.05) is 6.61 Å². The lowest BCUT2D eigenvalue weighted by atomic mass is 10.3. The number of nitrogens with zero attached hydrogens (tertiary/aromatic N) is 3. The number of ether oxygens (including phenoxy) is 1. The molecule has 2 heterocycles. The van der Waals surface area contributed by atoms with Crippen LogP contribution in [0.2, 0.25) is 0 Å². The lowest BCUT2D eigenvalue weighted by Gasteiger charge is -2.10. The van der Waals surface area contributed by atoms with Crippen LogP contribution in [-0.2, 0) is 0 Å². The number of rotatable bonds is 6. The lowest BCUT2D eigenvalue weighted by molar-refractivity contribution is 0.302. The van der Waals surface area contributed by atoms with Gasteiger partial charge < -0.3 is 9.72 Å². The summed E-state index contributed by atoms with van der Waals surface area (Å²) in [5, 5.41) is 0.851. The van der Waals surface area contributed by atoms with Gasteiger partial charge in [0.1, 0.15) is 22.6 Å². The van der Waals surface area contributed by atoms with Gasteiger partial charge in [-0.05, 0) is 18.6 Å². The van der Waals surface area contributed by atoms with Gasteiger partial charge in [-0.25, -0.2) is 15.0 Å². The van der Waals surface area contributed by atoms with Gasteiger partial charge in [0.2, 0.25) is 0 Å². The van der Waals surface area contributed by atoms with Gasteiger partial charge >= 0.3 is 0 Å². The van der Waals surface area contributed by atoms with E-state index < -0.39 is 0 Å². The fraction of sp³-hybridized carbons (Fsp3) is 0.267. The maximum absolute atomic E-state index is 5.85. The van der Waals surface area contributed by atoms with Crippen LogP contribution in [0.4, 0.5) is 0 Å². The van der Waals surface area contributed by atoms with Crippen LogP contribution in [0.15, 0.2) is 46.8 Å². The molecule has 5 nitrogen and oxygen atoms in total. The number of fused-ring (bicyclic) bond motifs is 1. The van der Waals surface area contributed by atoms with Crippen LogP contribution < -0.4 is 4.74 Å². The van der Waals surface area contributed by atoms with E-state index in [9.17, 15) is 0 Å². The quantitative estimate of drug-likeness (QED) is 0.555. The first-order valence-corrected chi connectivity index (χ1v) is 7.74. The van der Waals surface area contributed by atoms with Crippen molar-refractivity contribution in [1.29, 1.82) is 0 Å². The van der Waals surface area contributed by atoms with E-state index in [0.29, 0.717) is 5.65 Å². The molecule has 0 radical (unpaired) electrons. The molecule has 0 bridgehead atoms. The fourth-order valence-electron chi connectivity index (χ4n) is 1.90. The van der Waals surface area contributed by atoms with Crippen molar-refractivity contribution in [3.05, 3.63) is 36.9 Å². The predicted molar refractivity (Wildman–Crippen MR) is 82.7 cm³/mol. The van der Waals surface area contributed by atoms with Gasteiger partial charge in [0.15, 0.2) is 5.65 Å². The van der Waals surface area contributed by atoms with Crippen LogP contribution in [0.3, 0.4) is 0 Å². The van der Waals surface area contributed by atoms with Gasteiger partial charge in [-0.3, -0.25) is 0 Å². The van der Waals surface area contributed by atoms with E-state index in [-0.39, 0.29) is 0 Å². The Kier molecular flexibility index (Phi) is 4.35. The van der Waals surface area contributed by atoms with Gasteiger partial charge in [0.25, 0.3) is 0 Å². The number of benzene rings is 1. The van der Waals surface area contributed by atoms with Crippen molar-refractivity contribution in [2.45, 2.75) is 29.7 Å². The van der Waals surface area contributed by atoms with Crippen molar-refractivity contribution in [3.63, 3.8) is 0 Å². The molecule has 1 aromatic carbocycles.